The summed E-state index contributed by atoms with van der Waals surface area (Å²) in [6.45, 7) is 3.85. The van der Waals surface area contributed by atoms with Crippen molar-refractivity contribution in [2.45, 2.75) is 25.5 Å². The number of fused-ring (bicyclic) bond motifs is 1. The number of hydrogen-bond acceptors (Lipinski definition) is 5. The minimum absolute atomic E-state index is 0.000274. The molecule has 5 nitrogen and oxygen atoms in total. The van der Waals surface area contributed by atoms with E-state index in [1.54, 1.807) is 7.11 Å². The number of pyridine rings is 1. The zero-order valence-corrected chi connectivity index (χ0v) is 13.7. The van der Waals surface area contributed by atoms with Gasteiger partial charge in [0.25, 0.3) is 0 Å². The number of likely N-dealkylation sites (tertiary alicyclic amines) is 1. The molecule has 1 fully saturated rings. The maximum Gasteiger partial charge on any atom is 0.132 e. The predicted octanol–water partition coefficient (Wildman–Crippen LogP) is 2.25. The first-order valence-corrected chi connectivity index (χ1v) is 8.27. The number of ether oxygens (including phenoxy) is 1. The summed E-state index contributed by atoms with van der Waals surface area (Å²) < 4.78 is 5.18. The van der Waals surface area contributed by atoms with Gasteiger partial charge in [-0.15, -0.1) is 0 Å². The second-order valence-corrected chi connectivity index (χ2v) is 6.12. The van der Waals surface area contributed by atoms with E-state index >= 15 is 0 Å². The predicted molar refractivity (Wildman–Crippen MR) is 92.6 cm³/mol. The molecular formula is C18H25N3O2. The molecule has 2 heterocycles. The van der Waals surface area contributed by atoms with Crippen LogP contribution < -0.4 is 5.32 Å². The lowest BCUT2D eigenvalue weighted by molar-refractivity contribution is 0.131. The van der Waals surface area contributed by atoms with Crippen molar-refractivity contribution in [3.63, 3.8) is 0 Å². The van der Waals surface area contributed by atoms with Crippen LogP contribution in [0.2, 0.25) is 0 Å². The Morgan fingerprint density at radius 1 is 1.39 bits per heavy atom. The fourth-order valence-corrected chi connectivity index (χ4v) is 3.20. The Hall–Kier alpha value is -1.69. The van der Waals surface area contributed by atoms with Crippen LogP contribution in [0.25, 0.3) is 10.9 Å². The van der Waals surface area contributed by atoms with Crippen LogP contribution in [0.1, 0.15) is 18.4 Å². The van der Waals surface area contributed by atoms with Crippen molar-refractivity contribution in [3.8, 4) is 0 Å². The second-order valence-electron chi connectivity index (χ2n) is 6.12. The summed E-state index contributed by atoms with van der Waals surface area (Å²) in [5, 5.41) is 14.3. The summed E-state index contributed by atoms with van der Waals surface area (Å²) in [6.07, 6.45) is 2.30. The highest BCUT2D eigenvalue weighted by molar-refractivity contribution is 5.81. The highest BCUT2D eigenvalue weighted by Crippen LogP contribution is 2.23. The molecule has 5 heteroatoms. The average Bonchev–Trinajstić information content (AvgIpc) is 2.59. The number of nitrogens with zero attached hydrogens (tertiary/aromatic N) is 2. The van der Waals surface area contributed by atoms with Gasteiger partial charge in [0.2, 0.25) is 0 Å². The fraction of sp³-hybridized carbons (Fsp3) is 0.500. The number of aromatic nitrogens is 1. The monoisotopic (exact) mass is 315 g/mol. The molecule has 0 aliphatic carbocycles. The quantitative estimate of drug-likeness (QED) is 0.856. The molecule has 0 radical (unpaired) electrons. The number of aliphatic hydroxyl groups is 1. The van der Waals surface area contributed by atoms with Crippen LogP contribution in [-0.2, 0) is 11.3 Å². The Labute approximate surface area is 137 Å². The number of methoxy groups -OCH3 is 1. The van der Waals surface area contributed by atoms with Gasteiger partial charge in [-0.3, -0.25) is 4.90 Å². The Bertz CT molecular complexity index is 647. The molecular weight excluding hydrogens is 290 g/mol. The Kier molecular flexibility index (Phi) is 5.43. The first-order valence-electron chi connectivity index (χ1n) is 8.27. The summed E-state index contributed by atoms with van der Waals surface area (Å²) >= 11 is 0. The van der Waals surface area contributed by atoms with Gasteiger partial charge in [0.05, 0.1) is 18.7 Å². The fourth-order valence-electron chi connectivity index (χ4n) is 3.20. The van der Waals surface area contributed by atoms with E-state index in [0.29, 0.717) is 6.04 Å². The van der Waals surface area contributed by atoms with Crippen molar-refractivity contribution in [1.29, 1.82) is 0 Å². The third kappa shape index (κ3) is 3.99. The number of benzene rings is 1. The summed E-state index contributed by atoms with van der Waals surface area (Å²) in [5.74, 6) is 0.810. The van der Waals surface area contributed by atoms with Gasteiger partial charge in [-0.05, 0) is 31.5 Å². The van der Waals surface area contributed by atoms with Gasteiger partial charge in [0.1, 0.15) is 5.82 Å². The molecule has 1 saturated heterocycles. The summed E-state index contributed by atoms with van der Waals surface area (Å²) in [4.78, 5) is 7.13. The molecule has 0 bridgehead atoms. The van der Waals surface area contributed by atoms with Crippen molar-refractivity contribution in [2.75, 3.05) is 38.7 Å². The molecule has 1 atom stereocenters. The molecule has 1 aromatic carbocycles. The van der Waals surface area contributed by atoms with Gasteiger partial charge < -0.3 is 15.2 Å². The summed E-state index contributed by atoms with van der Waals surface area (Å²) in [6, 6.07) is 10.4. The van der Waals surface area contributed by atoms with E-state index in [1.807, 2.05) is 30.3 Å². The zero-order chi connectivity index (χ0) is 16.1. The van der Waals surface area contributed by atoms with E-state index in [-0.39, 0.29) is 6.61 Å². The lowest BCUT2D eigenvalue weighted by Gasteiger charge is -2.33. The van der Waals surface area contributed by atoms with E-state index in [4.69, 9.17) is 9.72 Å². The molecule has 2 aromatic rings. The number of rotatable bonds is 6. The molecule has 1 aliphatic rings. The van der Waals surface area contributed by atoms with Crippen molar-refractivity contribution < 1.29 is 9.84 Å². The molecule has 0 amide bonds. The number of piperidine rings is 1. The average molecular weight is 315 g/mol. The second kappa shape index (κ2) is 7.73. The summed E-state index contributed by atoms with van der Waals surface area (Å²) in [7, 11) is 1.74. The smallest absolute Gasteiger partial charge is 0.132 e. The molecule has 23 heavy (non-hydrogen) atoms. The van der Waals surface area contributed by atoms with Crippen LogP contribution in [0.4, 0.5) is 5.82 Å². The van der Waals surface area contributed by atoms with Gasteiger partial charge in [-0.2, -0.15) is 0 Å². The zero-order valence-electron chi connectivity index (χ0n) is 13.7. The van der Waals surface area contributed by atoms with Gasteiger partial charge in [0, 0.05) is 37.2 Å². The number of hydrogen-bond donors (Lipinski definition) is 2. The standard InChI is InChI=1S/C18H25N3O2/c1-23-10-9-21-8-4-6-16(12-21)19-18-15(13-22)11-14-5-2-3-7-17(14)20-18/h2-3,5,7,11,16,22H,4,6,8-10,12-13H2,1H3,(H,19,20)/t16-/m1/s1. The van der Waals surface area contributed by atoms with Crippen LogP contribution in [-0.4, -0.2) is 54.4 Å². The molecule has 3 rings (SSSR count). The van der Waals surface area contributed by atoms with E-state index in [0.717, 1.165) is 54.9 Å². The molecule has 0 saturated carbocycles. The molecule has 1 aromatic heterocycles. The Morgan fingerprint density at radius 3 is 3.09 bits per heavy atom. The lowest BCUT2D eigenvalue weighted by Crippen LogP contribution is -2.43. The van der Waals surface area contributed by atoms with Gasteiger partial charge >= 0.3 is 0 Å². The van der Waals surface area contributed by atoms with Crippen LogP contribution in [0.3, 0.4) is 0 Å². The van der Waals surface area contributed by atoms with Crippen LogP contribution in [0, 0.1) is 0 Å². The van der Waals surface area contributed by atoms with Crippen LogP contribution in [0.15, 0.2) is 30.3 Å². The Balaban J connectivity index is 1.74. The van der Waals surface area contributed by atoms with Crippen LogP contribution in [0.5, 0.6) is 0 Å². The topological polar surface area (TPSA) is 57.6 Å². The highest BCUT2D eigenvalue weighted by atomic mass is 16.5. The third-order valence-electron chi connectivity index (χ3n) is 4.43. The van der Waals surface area contributed by atoms with Gasteiger partial charge in [-0.25, -0.2) is 4.98 Å². The number of aliphatic hydroxyl groups excluding tert-OH is 1. The Morgan fingerprint density at radius 2 is 2.26 bits per heavy atom. The third-order valence-corrected chi connectivity index (χ3v) is 4.43. The SMILES string of the molecule is COCCN1CCC[C@@H](Nc2nc3ccccc3cc2CO)C1. The van der Waals surface area contributed by atoms with Crippen molar-refractivity contribution in [2.24, 2.45) is 0 Å². The van der Waals surface area contributed by atoms with Crippen molar-refractivity contribution in [1.82, 2.24) is 9.88 Å². The van der Waals surface area contributed by atoms with Crippen molar-refractivity contribution in [3.05, 3.63) is 35.9 Å². The molecule has 2 N–H and O–H groups in total. The summed E-state index contributed by atoms with van der Waals surface area (Å²) in [5.41, 5.74) is 1.82. The van der Waals surface area contributed by atoms with Crippen LogP contribution >= 0.6 is 0 Å². The number of para-hydroxylation sites is 1. The van der Waals surface area contributed by atoms with E-state index in [9.17, 15) is 5.11 Å². The normalized spacial score (nSPS) is 19.1. The molecule has 124 valence electrons. The highest BCUT2D eigenvalue weighted by Gasteiger charge is 2.20. The minimum atomic E-state index is 0.000274. The number of nitrogens with one attached hydrogen (secondary N) is 1. The van der Waals surface area contributed by atoms with Gasteiger partial charge in [-0.1, -0.05) is 18.2 Å². The first kappa shape index (κ1) is 16.2. The van der Waals surface area contributed by atoms with Crippen molar-refractivity contribution >= 4 is 16.7 Å². The molecule has 0 unspecified atom stereocenters. The maximum atomic E-state index is 9.67. The minimum Gasteiger partial charge on any atom is -0.392 e. The van der Waals surface area contributed by atoms with E-state index < -0.39 is 0 Å². The molecule has 0 spiro atoms. The number of anilines is 1. The molecule has 1 aliphatic heterocycles. The lowest BCUT2D eigenvalue weighted by atomic mass is 10.0. The maximum absolute atomic E-state index is 9.67. The largest absolute Gasteiger partial charge is 0.392 e. The first-order chi connectivity index (χ1) is 11.3. The van der Waals surface area contributed by atoms with Gasteiger partial charge in [0.15, 0.2) is 0 Å². The van der Waals surface area contributed by atoms with E-state index in [1.165, 1.54) is 6.42 Å². The van der Waals surface area contributed by atoms with E-state index in [2.05, 4.69) is 10.2 Å².